The first-order valence-electron chi connectivity index (χ1n) is 7.49. The van der Waals surface area contributed by atoms with Crippen LogP contribution < -0.4 is 5.43 Å². The number of anilines is 1. The Morgan fingerprint density at radius 3 is 2.52 bits per heavy atom. The van der Waals surface area contributed by atoms with Gasteiger partial charge < -0.3 is 5.11 Å². The van der Waals surface area contributed by atoms with Gasteiger partial charge in [-0.15, -0.1) is 0 Å². The van der Waals surface area contributed by atoms with E-state index in [1.807, 2.05) is 25.1 Å². The van der Waals surface area contributed by atoms with Gasteiger partial charge in [0.2, 0.25) is 0 Å². The Morgan fingerprint density at radius 2 is 1.78 bits per heavy atom. The van der Waals surface area contributed by atoms with Gasteiger partial charge in [-0.1, -0.05) is 11.6 Å². The zero-order valence-corrected chi connectivity index (χ0v) is 13.5. The molecule has 1 aromatic heterocycles. The standard InChI is InChI=1S/C19H19N3O/c1-12-8-13(2)19-17(9-12)18(10-14(3)21-19)22-20-11-15-4-6-16(23)7-5-15/h4-11,23H,1-3H3,(H,21,22)/b20-11-. The summed E-state index contributed by atoms with van der Waals surface area (Å²) in [5.74, 6) is 0.247. The number of hydrogen-bond donors (Lipinski definition) is 2. The molecule has 0 atom stereocenters. The Kier molecular flexibility index (Phi) is 3.98. The lowest BCUT2D eigenvalue weighted by Gasteiger charge is -2.10. The quantitative estimate of drug-likeness (QED) is 0.560. The van der Waals surface area contributed by atoms with Crippen molar-refractivity contribution in [1.82, 2.24) is 4.98 Å². The van der Waals surface area contributed by atoms with Crippen molar-refractivity contribution in [2.45, 2.75) is 20.8 Å². The topological polar surface area (TPSA) is 57.5 Å². The number of hydrogen-bond acceptors (Lipinski definition) is 4. The summed E-state index contributed by atoms with van der Waals surface area (Å²) in [6, 6.07) is 13.1. The molecule has 0 unspecified atom stereocenters. The molecule has 0 spiro atoms. The fourth-order valence-electron chi connectivity index (χ4n) is 2.64. The number of pyridine rings is 1. The maximum atomic E-state index is 9.29. The van der Waals surface area contributed by atoms with E-state index in [1.54, 1.807) is 18.3 Å². The number of aryl methyl sites for hydroxylation is 3. The summed E-state index contributed by atoms with van der Waals surface area (Å²) in [5.41, 5.74) is 9.28. The minimum atomic E-state index is 0.247. The van der Waals surface area contributed by atoms with Crippen LogP contribution in [0, 0.1) is 20.8 Å². The summed E-state index contributed by atoms with van der Waals surface area (Å²) in [4.78, 5) is 4.63. The Hall–Kier alpha value is -2.88. The molecule has 4 nitrogen and oxygen atoms in total. The summed E-state index contributed by atoms with van der Waals surface area (Å²) in [6.45, 7) is 6.13. The highest BCUT2D eigenvalue weighted by molar-refractivity contribution is 5.94. The molecule has 1 heterocycles. The molecule has 116 valence electrons. The summed E-state index contributed by atoms with van der Waals surface area (Å²) >= 11 is 0. The molecule has 0 fully saturated rings. The third kappa shape index (κ3) is 3.31. The van der Waals surface area contributed by atoms with Crippen LogP contribution in [0.15, 0.2) is 47.6 Å². The average molecular weight is 305 g/mol. The molecule has 0 radical (unpaired) electrons. The highest BCUT2D eigenvalue weighted by atomic mass is 16.3. The predicted octanol–water partition coefficient (Wildman–Crippen LogP) is 4.31. The molecule has 0 saturated heterocycles. The van der Waals surface area contributed by atoms with Crippen LogP contribution in [-0.4, -0.2) is 16.3 Å². The first-order valence-corrected chi connectivity index (χ1v) is 7.49. The molecular formula is C19H19N3O. The number of hydrazone groups is 1. The monoisotopic (exact) mass is 305 g/mol. The molecule has 0 aliphatic rings. The van der Waals surface area contributed by atoms with Gasteiger partial charge in [0.25, 0.3) is 0 Å². The first kappa shape index (κ1) is 15.0. The van der Waals surface area contributed by atoms with Crippen molar-refractivity contribution in [3.8, 4) is 5.75 Å². The molecule has 0 amide bonds. The van der Waals surface area contributed by atoms with Crippen molar-refractivity contribution in [3.63, 3.8) is 0 Å². The van der Waals surface area contributed by atoms with E-state index in [0.717, 1.165) is 33.4 Å². The Bertz CT molecular complexity index is 883. The molecule has 0 aliphatic carbocycles. The molecule has 3 aromatic rings. The molecule has 0 bridgehead atoms. The second kappa shape index (κ2) is 6.08. The molecule has 2 aromatic carbocycles. The van der Waals surface area contributed by atoms with Crippen molar-refractivity contribution in [3.05, 3.63) is 64.8 Å². The van der Waals surface area contributed by atoms with Gasteiger partial charge in [-0.3, -0.25) is 10.4 Å². The zero-order chi connectivity index (χ0) is 16.4. The number of aromatic nitrogens is 1. The van der Waals surface area contributed by atoms with Gasteiger partial charge in [-0.25, -0.2) is 0 Å². The van der Waals surface area contributed by atoms with Crippen LogP contribution in [0.1, 0.15) is 22.4 Å². The lowest BCUT2D eigenvalue weighted by molar-refractivity contribution is 0.475. The van der Waals surface area contributed by atoms with Crippen molar-refractivity contribution >= 4 is 22.8 Å². The summed E-state index contributed by atoms with van der Waals surface area (Å²) in [7, 11) is 0. The fourth-order valence-corrected chi connectivity index (χ4v) is 2.64. The second-order valence-corrected chi connectivity index (χ2v) is 5.75. The van der Waals surface area contributed by atoms with E-state index in [1.165, 1.54) is 5.56 Å². The van der Waals surface area contributed by atoms with Gasteiger partial charge in [0, 0.05) is 11.1 Å². The van der Waals surface area contributed by atoms with E-state index in [4.69, 9.17) is 0 Å². The maximum Gasteiger partial charge on any atom is 0.115 e. The predicted molar refractivity (Wildman–Crippen MR) is 95.3 cm³/mol. The number of phenolic OH excluding ortho intramolecular Hbond substituents is 1. The zero-order valence-electron chi connectivity index (χ0n) is 13.5. The summed E-state index contributed by atoms with van der Waals surface area (Å²) in [6.07, 6.45) is 1.73. The number of nitrogens with zero attached hydrogens (tertiary/aromatic N) is 2. The van der Waals surface area contributed by atoms with Crippen LogP contribution in [0.3, 0.4) is 0 Å². The van der Waals surface area contributed by atoms with Gasteiger partial charge in [-0.2, -0.15) is 5.10 Å². The number of aromatic hydroxyl groups is 1. The number of phenols is 1. The molecular weight excluding hydrogens is 286 g/mol. The van der Waals surface area contributed by atoms with Crippen LogP contribution in [0.4, 0.5) is 5.69 Å². The Balaban J connectivity index is 1.94. The van der Waals surface area contributed by atoms with Crippen molar-refractivity contribution < 1.29 is 5.11 Å². The van der Waals surface area contributed by atoms with Crippen molar-refractivity contribution in [2.24, 2.45) is 5.10 Å². The highest BCUT2D eigenvalue weighted by Crippen LogP contribution is 2.27. The Morgan fingerprint density at radius 1 is 1.04 bits per heavy atom. The minimum Gasteiger partial charge on any atom is -0.508 e. The van der Waals surface area contributed by atoms with E-state index < -0.39 is 0 Å². The second-order valence-electron chi connectivity index (χ2n) is 5.75. The maximum absolute atomic E-state index is 9.29. The van der Waals surface area contributed by atoms with Crippen LogP contribution in [-0.2, 0) is 0 Å². The van der Waals surface area contributed by atoms with Gasteiger partial charge in [-0.05, 0) is 68.3 Å². The highest BCUT2D eigenvalue weighted by Gasteiger charge is 2.06. The van der Waals surface area contributed by atoms with Crippen molar-refractivity contribution in [2.75, 3.05) is 5.43 Å². The lowest BCUT2D eigenvalue weighted by atomic mass is 10.1. The molecule has 3 rings (SSSR count). The van der Waals surface area contributed by atoms with E-state index >= 15 is 0 Å². The average Bonchev–Trinajstić information content (AvgIpc) is 2.50. The summed E-state index contributed by atoms with van der Waals surface area (Å²) < 4.78 is 0. The number of rotatable bonds is 3. The fraction of sp³-hybridized carbons (Fsp3) is 0.158. The van der Waals surface area contributed by atoms with E-state index in [2.05, 4.69) is 41.5 Å². The lowest BCUT2D eigenvalue weighted by Crippen LogP contribution is -1.96. The molecule has 0 aliphatic heterocycles. The molecule has 2 N–H and O–H groups in total. The third-order valence-electron chi connectivity index (χ3n) is 3.67. The van der Waals surface area contributed by atoms with Crippen LogP contribution in [0.5, 0.6) is 5.75 Å². The third-order valence-corrected chi connectivity index (χ3v) is 3.67. The molecule has 0 saturated carbocycles. The van der Waals surface area contributed by atoms with Gasteiger partial charge in [0.05, 0.1) is 17.4 Å². The molecule has 4 heteroatoms. The van der Waals surface area contributed by atoms with Crippen molar-refractivity contribution in [1.29, 1.82) is 0 Å². The van der Waals surface area contributed by atoms with Crippen LogP contribution in [0.25, 0.3) is 10.9 Å². The van der Waals surface area contributed by atoms with Crippen LogP contribution >= 0.6 is 0 Å². The smallest absolute Gasteiger partial charge is 0.115 e. The molecule has 23 heavy (non-hydrogen) atoms. The van der Waals surface area contributed by atoms with E-state index in [9.17, 15) is 5.11 Å². The first-order chi connectivity index (χ1) is 11.0. The van der Waals surface area contributed by atoms with Crippen LogP contribution in [0.2, 0.25) is 0 Å². The van der Waals surface area contributed by atoms with E-state index in [0.29, 0.717) is 0 Å². The van der Waals surface area contributed by atoms with Gasteiger partial charge >= 0.3 is 0 Å². The van der Waals surface area contributed by atoms with Gasteiger partial charge in [0.1, 0.15) is 5.75 Å². The van der Waals surface area contributed by atoms with E-state index in [-0.39, 0.29) is 5.75 Å². The Labute approximate surface area is 135 Å². The normalized spacial score (nSPS) is 11.3. The number of fused-ring (bicyclic) bond motifs is 1. The minimum absolute atomic E-state index is 0.247. The number of nitrogens with one attached hydrogen (secondary N) is 1. The summed E-state index contributed by atoms with van der Waals surface area (Å²) in [5, 5.41) is 14.7. The number of benzene rings is 2. The largest absolute Gasteiger partial charge is 0.508 e. The van der Waals surface area contributed by atoms with Gasteiger partial charge in [0.15, 0.2) is 0 Å². The SMILES string of the molecule is Cc1cc(C)c2nc(C)cc(N/N=C\c3ccc(O)cc3)c2c1.